The SMILES string of the molecule is COc1cccc(C(=O)NCc2nnc(SCC(=O)Nc3cc(C(F)(F)F)ccc3Cl)n2-c2cc(OC)ccc2OC)c1. The summed E-state index contributed by atoms with van der Waals surface area (Å²) in [5, 5.41) is 13.8. The van der Waals surface area contributed by atoms with E-state index in [4.69, 9.17) is 25.8 Å². The van der Waals surface area contributed by atoms with Crippen molar-refractivity contribution in [3.63, 3.8) is 0 Å². The molecular weight excluding hydrogens is 611 g/mol. The fraction of sp³-hybridized carbons (Fsp3) is 0.214. The zero-order chi connectivity index (χ0) is 31.1. The molecule has 0 atom stereocenters. The van der Waals surface area contributed by atoms with Crippen LogP contribution >= 0.6 is 23.4 Å². The third kappa shape index (κ3) is 7.70. The molecular formula is C28H25ClF3N5O5S. The number of hydrogen-bond donors (Lipinski definition) is 2. The number of hydrogen-bond acceptors (Lipinski definition) is 8. The number of rotatable bonds is 11. The van der Waals surface area contributed by atoms with Gasteiger partial charge in [-0.3, -0.25) is 14.2 Å². The van der Waals surface area contributed by atoms with Crippen LogP contribution in [0.2, 0.25) is 5.02 Å². The Morgan fingerprint density at radius 3 is 2.40 bits per heavy atom. The molecule has 2 N–H and O–H groups in total. The van der Waals surface area contributed by atoms with Gasteiger partial charge in [-0.25, -0.2) is 0 Å². The highest BCUT2D eigenvalue weighted by Gasteiger charge is 2.31. The second kappa shape index (κ2) is 13.7. The average Bonchev–Trinajstić information content (AvgIpc) is 3.41. The molecule has 10 nitrogen and oxygen atoms in total. The van der Waals surface area contributed by atoms with Gasteiger partial charge >= 0.3 is 6.18 Å². The summed E-state index contributed by atoms with van der Waals surface area (Å²) in [7, 11) is 4.46. The number of thioether (sulfide) groups is 1. The number of alkyl halides is 3. The summed E-state index contributed by atoms with van der Waals surface area (Å²) in [6, 6.07) is 14.3. The van der Waals surface area contributed by atoms with E-state index in [-0.39, 0.29) is 28.2 Å². The fourth-order valence-electron chi connectivity index (χ4n) is 3.86. The van der Waals surface area contributed by atoms with Crippen molar-refractivity contribution in [2.75, 3.05) is 32.4 Å². The van der Waals surface area contributed by atoms with Gasteiger partial charge in [-0.15, -0.1) is 10.2 Å². The molecule has 0 aliphatic rings. The van der Waals surface area contributed by atoms with Gasteiger partial charge in [0, 0.05) is 11.6 Å². The van der Waals surface area contributed by atoms with Gasteiger partial charge in [-0.05, 0) is 48.5 Å². The van der Waals surface area contributed by atoms with E-state index in [1.54, 1.807) is 47.0 Å². The van der Waals surface area contributed by atoms with Crippen LogP contribution in [-0.2, 0) is 17.5 Å². The number of carbonyl (C=O) groups excluding carboxylic acids is 2. The van der Waals surface area contributed by atoms with Crippen molar-refractivity contribution in [1.29, 1.82) is 0 Å². The van der Waals surface area contributed by atoms with Gasteiger partial charge in [0.25, 0.3) is 5.91 Å². The first-order valence-electron chi connectivity index (χ1n) is 12.4. The number of carbonyl (C=O) groups is 2. The molecule has 0 saturated carbocycles. The average molecular weight is 636 g/mol. The van der Waals surface area contributed by atoms with E-state index in [0.717, 1.165) is 30.0 Å². The second-order valence-corrected chi connectivity index (χ2v) is 10.1. The molecule has 0 fully saturated rings. The Hall–Kier alpha value is -4.43. The van der Waals surface area contributed by atoms with Crippen molar-refractivity contribution in [2.45, 2.75) is 17.9 Å². The Morgan fingerprint density at radius 2 is 1.70 bits per heavy atom. The van der Waals surface area contributed by atoms with Gasteiger partial charge < -0.3 is 24.8 Å². The first-order chi connectivity index (χ1) is 20.5. The van der Waals surface area contributed by atoms with Gasteiger partial charge in [-0.1, -0.05) is 29.4 Å². The molecule has 0 aliphatic carbocycles. The van der Waals surface area contributed by atoms with E-state index in [2.05, 4.69) is 20.8 Å². The lowest BCUT2D eigenvalue weighted by atomic mass is 10.2. The summed E-state index contributed by atoms with van der Waals surface area (Å²) in [6.07, 6.45) is -4.61. The summed E-state index contributed by atoms with van der Waals surface area (Å²) in [5.41, 5.74) is -0.311. The maximum Gasteiger partial charge on any atom is 0.416 e. The number of ether oxygens (including phenoxy) is 3. The van der Waals surface area contributed by atoms with Crippen molar-refractivity contribution in [2.24, 2.45) is 0 Å². The fourth-order valence-corrected chi connectivity index (χ4v) is 4.79. The van der Waals surface area contributed by atoms with E-state index in [1.165, 1.54) is 21.3 Å². The first-order valence-corrected chi connectivity index (χ1v) is 13.8. The number of amides is 2. The van der Waals surface area contributed by atoms with Gasteiger partial charge in [-0.2, -0.15) is 13.2 Å². The molecule has 0 spiro atoms. The van der Waals surface area contributed by atoms with Crippen LogP contribution in [0.1, 0.15) is 21.7 Å². The molecule has 4 rings (SSSR count). The molecule has 4 aromatic rings. The molecule has 15 heteroatoms. The number of aromatic nitrogens is 3. The normalized spacial score (nSPS) is 11.1. The van der Waals surface area contributed by atoms with Gasteiger partial charge in [0.05, 0.1) is 55.6 Å². The quantitative estimate of drug-likeness (QED) is 0.204. The Bertz CT molecular complexity index is 1630. The summed E-state index contributed by atoms with van der Waals surface area (Å²) < 4.78 is 57.1. The number of halogens is 4. The maximum absolute atomic E-state index is 13.1. The number of anilines is 1. The molecule has 0 saturated heterocycles. The Labute approximate surface area is 253 Å². The highest BCUT2D eigenvalue weighted by atomic mass is 35.5. The van der Waals surface area contributed by atoms with Crippen LogP contribution in [0, 0.1) is 0 Å². The Balaban J connectivity index is 1.59. The summed E-state index contributed by atoms with van der Waals surface area (Å²) in [5.74, 6) is 0.440. The van der Waals surface area contributed by atoms with Gasteiger partial charge in [0.2, 0.25) is 5.91 Å². The zero-order valence-corrected chi connectivity index (χ0v) is 24.6. The third-order valence-corrected chi connectivity index (χ3v) is 7.22. The van der Waals surface area contributed by atoms with Gasteiger partial charge in [0.1, 0.15) is 17.2 Å². The minimum absolute atomic E-state index is 0.0512. The monoisotopic (exact) mass is 635 g/mol. The molecule has 0 bridgehead atoms. The highest BCUT2D eigenvalue weighted by Crippen LogP contribution is 2.35. The molecule has 0 aliphatic heterocycles. The van der Waals surface area contributed by atoms with Crippen molar-refractivity contribution < 1.29 is 37.0 Å². The standard InChI is InChI=1S/C28H25ClF3N5O5S/c1-40-18-6-4-5-16(11-18)26(39)33-14-24-35-36-27(37(24)22-13-19(41-2)8-10-23(22)42-3)43-15-25(38)34-21-12-17(28(30,31)32)7-9-20(21)29/h4-13H,14-15H2,1-3H3,(H,33,39)(H,34,38). The maximum atomic E-state index is 13.1. The Kier molecular flexibility index (Phi) is 10.0. The molecule has 226 valence electrons. The molecule has 1 aromatic heterocycles. The highest BCUT2D eigenvalue weighted by molar-refractivity contribution is 7.99. The molecule has 1 heterocycles. The van der Waals surface area contributed by atoms with Crippen LogP contribution in [0.4, 0.5) is 18.9 Å². The van der Waals surface area contributed by atoms with Crippen LogP contribution in [0.25, 0.3) is 5.69 Å². The van der Waals surface area contributed by atoms with Crippen molar-refractivity contribution in [3.05, 3.63) is 82.6 Å². The Morgan fingerprint density at radius 1 is 0.953 bits per heavy atom. The summed E-state index contributed by atoms with van der Waals surface area (Å²) in [4.78, 5) is 25.6. The number of nitrogens with zero attached hydrogens (tertiary/aromatic N) is 3. The minimum atomic E-state index is -4.61. The van der Waals surface area contributed by atoms with E-state index in [1.807, 2.05) is 0 Å². The lowest BCUT2D eigenvalue weighted by Crippen LogP contribution is -2.24. The van der Waals surface area contributed by atoms with E-state index < -0.39 is 23.6 Å². The zero-order valence-electron chi connectivity index (χ0n) is 23.0. The smallest absolute Gasteiger partial charge is 0.416 e. The third-order valence-electron chi connectivity index (χ3n) is 5.97. The van der Waals surface area contributed by atoms with Crippen molar-refractivity contribution in [3.8, 4) is 22.9 Å². The second-order valence-electron chi connectivity index (χ2n) is 8.72. The van der Waals surface area contributed by atoms with Crippen LogP contribution in [0.5, 0.6) is 17.2 Å². The first kappa shape index (κ1) is 31.5. The predicted octanol–water partition coefficient (Wildman–Crippen LogP) is 5.63. The molecule has 0 radical (unpaired) electrons. The van der Waals surface area contributed by atoms with E-state index in [0.29, 0.717) is 34.3 Å². The van der Waals surface area contributed by atoms with Gasteiger partial charge in [0.15, 0.2) is 11.0 Å². The lowest BCUT2D eigenvalue weighted by Gasteiger charge is -2.15. The van der Waals surface area contributed by atoms with Crippen LogP contribution in [0.3, 0.4) is 0 Å². The molecule has 0 unspecified atom stereocenters. The number of nitrogens with one attached hydrogen (secondary N) is 2. The summed E-state index contributed by atoms with van der Waals surface area (Å²) in [6.45, 7) is -0.0595. The van der Waals surface area contributed by atoms with Crippen LogP contribution in [-0.4, -0.2) is 53.7 Å². The molecule has 43 heavy (non-hydrogen) atoms. The van der Waals surface area contributed by atoms with Crippen molar-refractivity contribution >= 4 is 40.9 Å². The number of benzene rings is 3. The predicted molar refractivity (Wildman–Crippen MR) is 154 cm³/mol. The minimum Gasteiger partial charge on any atom is -0.497 e. The van der Waals surface area contributed by atoms with Crippen molar-refractivity contribution in [1.82, 2.24) is 20.1 Å². The van der Waals surface area contributed by atoms with Crippen LogP contribution in [0.15, 0.2) is 65.8 Å². The van der Waals surface area contributed by atoms with E-state index in [9.17, 15) is 22.8 Å². The van der Waals surface area contributed by atoms with Crippen LogP contribution < -0.4 is 24.8 Å². The lowest BCUT2D eigenvalue weighted by molar-refractivity contribution is -0.137. The number of methoxy groups -OCH3 is 3. The summed E-state index contributed by atoms with van der Waals surface area (Å²) >= 11 is 6.98. The largest absolute Gasteiger partial charge is 0.497 e. The topological polar surface area (TPSA) is 117 Å². The molecule has 2 amide bonds. The molecule has 3 aromatic carbocycles. The van der Waals surface area contributed by atoms with E-state index >= 15 is 0 Å².